The zero-order chi connectivity index (χ0) is 12.3. The second kappa shape index (κ2) is 4.48. The summed E-state index contributed by atoms with van der Waals surface area (Å²) >= 11 is 0. The van der Waals surface area contributed by atoms with Crippen LogP contribution in [0.1, 0.15) is 5.56 Å². The highest BCUT2D eigenvalue weighted by molar-refractivity contribution is 5.69. The largest absolute Gasteiger partial charge is 0.487 e. The molecule has 7 heteroatoms. The summed E-state index contributed by atoms with van der Waals surface area (Å²) in [6.07, 6.45) is -4.50. The summed E-state index contributed by atoms with van der Waals surface area (Å²) < 4.78 is 41.9. The number of aliphatic hydroxyl groups is 1. The molecule has 5 N–H and O–H groups in total. The molecule has 0 radical (unpaired) electrons. The van der Waals surface area contributed by atoms with Crippen molar-refractivity contribution in [2.45, 2.75) is 6.18 Å². The first-order chi connectivity index (χ1) is 7.36. The van der Waals surface area contributed by atoms with Gasteiger partial charge in [0.15, 0.2) is 5.75 Å². The number of hydrogen-bond acceptors (Lipinski definition) is 4. The van der Waals surface area contributed by atoms with Gasteiger partial charge in [0.05, 0.1) is 23.5 Å². The predicted molar refractivity (Wildman–Crippen MR) is 52.8 cm³/mol. The number of nitrogen functional groups attached to an aromatic ring is 2. The van der Waals surface area contributed by atoms with Crippen LogP contribution in [-0.4, -0.2) is 18.3 Å². The summed E-state index contributed by atoms with van der Waals surface area (Å²) in [5.74, 6) is -0.0398. The number of nitrogens with two attached hydrogens (primary N) is 2. The van der Waals surface area contributed by atoms with Gasteiger partial charge < -0.3 is 21.3 Å². The van der Waals surface area contributed by atoms with Crippen LogP contribution >= 0.6 is 0 Å². The van der Waals surface area contributed by atoms with E-state index >= 15 is 0 Å². The van der Waals surface area contributed by atoms with Gasteiger partial charge in [-0.15, -0.1) is 0 Å². The summed E-state index contributed by atoms with van der Waals surface area (Å²) in [5, 5.41) is 8.51. The summed E-state index contributed by atoms with van der Waals surface area (Å²) in [5.41, 5.74) is 9.40. The van der Waals surface area contributed by atoms with Gasteiger partial charge in [0.25, 0.3) is 0 Å². The van der Waals surface area contributed by atoms with Crippen LogP contribution in [0, 0.1) is 0 Å². The van der Waals surface area contributed by atoms with Crippen molar-refractivity contribution >= 4 is 11.4 Å². The Balaban J connectivity index is 3.08. The van der Waals surface area contributed by atoms with E-state index in [-0.39, 0.29) is 30.3 Å². The van der Waals surface area contributed by atoms with Gasteiger partial charge in [-0.05, 0) is 12.1 Å². The molecule has 0 spiro atoms. The van der Waals surface area contributed by atoms with E-state index in [2.05, 4.69) is 0 Å². The molecule has 0 aliphatic carbocycles. The Morgan fingerprint density at radius 1 is 1.19 bits per heavy atom. The van der Waals surface area contributed by atoms with Crippen LogP contribution in [0.4, 0.5) is 24.5 Å². The smallest absolute Gasteiger partial charge is 0.416 e. The Bertz CT molecular complexity index is 357. The molecule has 0 atom stereocenters. The quantitative estimate of drug-likeness (QED) is 0.689. The van der Waals surface area contributed by atoms with E-state index < -0.39 is 11.7 Å². The molecular weight excluding hydrogens is 225 g/mol. The molecule has 0 saturated heterocycles. The Morgan fingerprint density at radius 3 is 2.06 bits per heavy atom. The van der Waals surface area contributed by atoms with Crippen LogP contribution < -0.4 is 16.2 Å². The maximum Gasteiger partial charge on any atom is 0.416 e. The molecular formula is C9H11F3N2O2. The molecule has 1 rings (SSSR count). The van der Waals surface area contributed by atoms with Crippen molar-refractivity contribution in [3.05, 3.63) is 17.7 Å². The number of alkyl halides is 3. The SMILES string of the molecule is Nc1cc(C(F)(F)F)cc(N)c1OCCO. The maximum atomic E-state index is 12.3. The minimum absolute atomic E-state index is 0.0398. The Kier molecular flexibility index (Phi) is 3.48. The fourth-order valence-electron chi connectivity index (χ4n) is 1.15. The van der Waals surface area contributed by atoms with Crippen molar-refractivity contribution in [2.24, 2.45) is 0 Å². The van der Waals surface area contributed by atoms with Gasteiger partial charge >= 0.3 is 6.18 Å². The fraction of sp³-hybridized carbons (Fsp3) is 0.333. The van der Waals surface area contributed by atoms with Gasteiger partial charge in [-0.25, -0.2) is 0 Å². The lowest BCUT2D eigenvalue weighted by atomic mass is 10.1. The van der Waals surface area contributed by atoms with Crippen LogP contribution in [0.3, 0.4) is 0 Å². The highest BCUT2D eigenvalue weighted by atomic mass is 19.4. The van der Waals surface area contributed by atoms with Gasteiger partial charge in [-0.3, -0.25) is 0 Å². The molecule has 4 nitrogen and oxygen atoms in total. The van der Waals surface area contributed by atoms with E-state index in [0.717, 1.165) is 12.1 Å². The predicted octanol–water partition coefficient (Wildman–Crippen LogP) is 1.24. The average molecular weight is 236 g/mol. The fourth-order valence-corrected chi connectivity index (χ4v) is 1.15. The van der Waals surface area contributed by atoms with Gasteiger partial charge in [-0.2, -0.15) is 13.2 Å². The molecule has 16 heavy (non-hydrogen) atoms. The first-order valence-electron chi connectivity index (χ1n) is 4.36. The van der Waals surface area contributed by atoms with E-state index in [1.165, 1.54) is 0 Å². The summed E-state index contributed by atoms with van der Waals surface area (Å²) in [7, 11) is 0. The zero-order valence-corrected chi connectivity index (χ0v) is 8.21. The zero-order valence-electron chi connectivity index (χ0n) is 8.21. The molecule has 0 aliphatic rings. The molecule has 0 unspecified atom stereocenters. The number of halogens is 3. The average Bonchev–Trinajstić information content (AvgIpc) is 2.15. The van der Waals surface area contributed by atoms with E-state index in [4.69, 9.17) is 21.3 Å². The molecule has 0 bridgehead atoms. The molecule has 0 aliphatic heterocycles. The summed E-state index contributed by atoms with van der Waals surface area (Å²) in [4.78, 5) is 0. The van der Waals surface area contributed by atoms with Crippen molar-refractivity contribution in [1.29, 1.82) is 0 Å². The first kappa shape index (κ1) is 12.4. The maximum absolute atomic E-state index is 12.3. The lowest BCUT2D eigenvalue weighted by Crippen LogP contribution is -2.10. The first-order valence-corrected chi connectivity index (χ1v) is 4.36. The monoisotopic (exact) mass is 236 g/mol. The van der Waals surface area contributed by atoms with Crippen molar-refractivity contribution in [1.82, 2.24) is 0 Å². The van der Waals surface area contributed by atoms with Crippen molar-refractivity contribution in [3.63, 3.8) is 0 Å². The molecule has 1 aromatic rings. The van der Waals surface area contributed by atoms with Crippen molar-refractivity contribution in [2.75, 3.05) is 24.7 Å². The van der Waals surface area contributed by atoms with E-state index in [9.17, 15) is 13.2 Å². The topological polar surface area (TPSA) is 81.5 Å². The standard InChI is InChI=1S/C9H11F3N2O2/c10-9(11,12)5-3-6(13)8(7(14)4-5)16-2-1-15/h3-4,15H,1-2,13-14H2. The third-order valence-electron chi connectivity index (χ3n) is 1.81. The Morgan fingerprint density at radius 2 is 1.69 bits per heavy atom. The molecule has 90 valence electrons. The number of ether oxygens (including phenoxy) is 1. The van der Waals surface area contributed by atoms with Gasteiger partial charge in [0.2, 0.25) is 0 Å². The Hall–Kier alpha value is -1.63. The summed E-state index contributed by atoms with van der Waals surface area (Å²) in [6.45, 7) is -0.361. The number of aliphatic hydroxyl groups excluding tert-OH is 1. The third kappa shape index (κ3) is 2.69. The highest BCUT2D eigenvalue weighted by Crippen LogP contribution is 2.37. The second-order valence-electron chi connectivity index (χ2n) is 3.05. The number of rotatable bonds is 3. The van der Waals surface area contributed by atoms with Crippen LogP contribution in [0.5, 0.6) is 5.75 Å². The highest BCUT2D eigenvalue weighted by Gasteiger charge is 2.31. The van der Waals surface area contributed by atoms with Crippen molar-refractivity contribution in [3.8, 4) is 5.75 Å². The third-order valence-corrected chi connectivity index (χ3v) is 1.81. The van der Waals surface area contributed by atoms with E-state index in [1.54, 1.807) is 0 Å². The van der Waals surface area contributed by atoms with Crippen molar-refractivity contribution < 1.29 is 23.0 Å². The molecule has 0 aromatic heterocycles. The van der Waals surface area contributed by atoms with Gasteiger partial charge in [0, 0.05) is 0 Å². The van der Waals surface area contributed by atoms with Gasteiger partial charge in [0.1, 0.15) is 6.61 Å². The number of hydrogen-bond donors (Lipinski definition) is 3. The molecule has 0 saturated carbocycles. The Labute approximate surface area is 89.6 Å². The lowest BCUT2D eigenvalue weighted by Gasteiger charge is -2.14. The van der Waals surface area contributed by atoms with Crippen LogP contribution in [0.25, 0.3) is 0 Å². The van der Waals surface area contributed by atoms with Crippen LogP contribution in [-0.2, 0) is 6.18 Å². The van der Waals surface area contributed by atoms with Gasteiger partial charge in [-0.1, -0.05) is 0 Å². The van der Waals surface area contributed by atoms with E-state index in [0.29, 0.717) is 0 Å². The number of anilines is 2. The molecule has 0 fully saturated rings. The lowest BCUT2D eigenvalue weighted by molar-refractivity contribution is -0.137. The van der Waals surface area contributed by atoms with E-state index in [1.807, 2.05) is 0 Å². The molecule has 1 aromatic carbocycles. The van der Waals surface area contributed by atoms with Crippen LogP contribution in [0.15, 0.2) is 12.1 Å². The number of benzene rings is 1. The summed E-state index contributed by atoms with van der Waals surface area (Å²) in [6, 6.07) is 1.48. The minimum Gasteiger partial charge on any atom is -0.487 e. The second-order valence-corrected chi connectivity index (χ2v) is 3.05. The molecule has 0 amide bonds. The molecule has 0 heterocycles. The van der Waals surface area contributed by atoms with Crippen LogP contribution in [0.2, 0.25) is 0 Å². The normalized spacial score (nSPS) is 11.5. The minimum atomic E-state index is -4.50.